The van der Waals surface area contributed by atoms with Gasteiger partial charge in [0.25, 0.3) is 0 Å². The van der Waals surface area contributed by atoms with E-state index in [1.54, 1.807) is 18.3 Å². The fraction of sp³-hybridized carbons (Fsp3) is 0.400. The van der Waals surface area contributed by atoms with Crippen LogP contribution < -0.4 is 4.35 Å². The molecule has 3 nitrogen and oxygen atoms in total. The van der Waals surface area contributed by atoms with Crippen LogP contribution in [0.1, 0.15) is 20.8 Å². The number of halogens is 1. The van der Waals surface area contributed by atoms with E-state index in [0.717, 1.165) is 4.35 Å². The number of carbonyl (C=O) groups excluding carboxylic acids is 1. The van der Waals surface area contributed by atoms with Crippen LogP contribution in [0.25, 0.3) is 0 Å². The third kappa shape index (κ3) is 5.19. The third-order valence-corrected chi connectivity index (χ3v) is 3.48. The minimum absolute atomic E-state index is 0.134. The van der Waals surface area contributed by atoms with E-state index in [2.05, 4.69) is 4.98 Å². The first-order valence-corrected chi connectivity index (χ1v) is 6.96. The van der Waals surface area contributed by atoms with Crippen molar-refractivity contribution in [2.75, 3.05) is 0 Å². The third-order valence-electron chi connectivity index (χ3n) is 1.37. The summed E-state index contributed by atoms with van der Waals surface area (Å²) in [7, 11) is 0. The molecule has 0 bridgehead atoms. The van der Waals surface area contributed by atoms with E-state index in [9.17, 15) is 4.79 Å². The molecule has 1 rings (SSSR count). The molecule has 1 heterocycles. The zero-order valence-electron chi connectivity index (χ0n) is 8.87. The summed E-state index contributed by atoms with van der Waals surface area (Å²) in [6.45, 7) is 5.57. The van der Waals surface area contributed by atoms with Crippen LogP contribution in [-0.2, 0) is 4.74 Å². The van der Waals surface area contributed by atoms with Gasteiger partial charge in [-0.15, -0.1) is 0 Å². The van der Waals surface area contributed by atoms with Gasteiger partial charge in [-0.1, -0.05) is 0 Å². The Morgan fingerprint density at radius 2 is 2.20 bits per heavy atom. The summed E-state index contributed by atoms with van der Waals surface area (Å²) in [5.41, 5.74) is -0.419. The number of carbonyl (C=O) groups is 1. The average Bonchev–Trinajstić information content (AvgIpc) is 1.99. The predicted molar refractivity (Wildman–Crippen MR) is 62.3 cm³/mol. The van der Waals surface area contributed by atoms with Crippen molar-refractivity contribution < 1.29 is 9.53 Å². The van der Waals surface area contributed by atoms with Crippen molar-refractivity contribution in [3.63, 3.8) is 0 Å². The van der Waals surface area contributed by atoms with Crippen LogP contribution in [-0.4, -0.2) is 31.1 Å². The van der Waals surface area contributed by atoms with Gasteiger partial charge in [0, 0.05) is 0 Å². The van der Waals surface area contributed by atoms with Crippen LogP contribution in [0.3, 0.4) is 0 Å². The fourth-order valence-corrected chi connectivity index (χ4v) is 3.28. The SMILES string of the molecule is CC(C)(C)OC(=O)[AsH]c1ccnc(Cl)c1. The number of hydrogen-bond donors (Lipinski definition) is 0. The van der Waals surface area contributed by atoms with Crippen molar-refractivity contribution in [2.24, 2.45) is 0 Å². The van der Waals surface area contributed by atoms with Gasteiger partial charge in [0.1, 0.15) is 0 Å². The second kappa shape index (κ2) is 5.00. The molecule has 0 aromatic carbocycles. The minimum atomic E-state index is -0.944. The number of hydrogen-bond acceptors (Lipinski definition) is 3. The van der Waals surface area contributed by atoms with E-state index in [-0.39, 0.29) is 4.76 Å². The molecule has 0 spiro atoms. The summed E-state index contributed by atoms with van der Waals surface area (Å²) >= 11 is 4.77. The predicted octanol–water partition coefficient (Wildman–Crippen LogP) is 1.73. The van der Waals surface area contributed by atoms with Gasteiger partial charge in [0.05, 0.1) is 0 Å². The van der Waals surface area contributed by atoms with Crippen LogP contribution in [0.5, 0.6) is 0 Å². The van der Waals surface area contributed by atoms with Crippen LogP contribution in [0.2, 0.25) is 5.15 Å². The topological polar surface area (TPSA) is 39.2 Å². The van der Waals surface area contributed by atoms with Gasteiger partial charge >= 0.3 is 101 Å². The number of ether oxygens (including phenoxy) is 1. The maximum atomic E-state index is 11.5. The second-order valence-corrected chi connectivity index (χ2v) is 6.97. The van der Waals surface area contributed by atoms with Crippen LogP contribution >= 0.6 is 11.6 Å². The first-order valence-electron chi connectivity index (χ1n) is 4.48. The van der Waals surface area contributed by atoms with E-state index in [0.29, 0.717) is 5.15 Å². The number of aromatic nitrogens is 1. The Labute approximate surface area is 101 Å². The molecule has 0 amide bonds. The zero-order chi connectivity index (χ0) is 11.5. The maximum absolute atomic E-state index is 11.5. The van der Waals surface area contributed by atoms with Crippen molar-refractivity contribution in [3.8, 4) is 0 Å². The van der Waals surface area contributed by atoms with E-state index in [4.69, 9.17) is 16.3 Å². The van der Waals surface area contributed by atoms with E-state index in [1.807, 2.05) is 20.8 Å². The van der Waals surface area contributed by atoms with Crippen LogP contribution in [0, 0.1) is 0 Å². The number of nitrogens with zero attached hydrogens (tertiary/aromatic N) is 1. The Balaban J connectivity index is 2.59. The van der Waals surface area contributed by atoms with E-state index < -0.39 is 21.4 Å². The first-order chi connectivity index (χ1) is 6.87. The van der Waals surface area contributed by atoms with Gasteiger partial charge in [-0.3, -0.25) is 0 Å². The molecule has 0 aliphatic carbocycles. The number of pyridine rings is 1. The molecule has 82 valence electrons. The molecule has 0 saturated carbocycles. The Morgan fingerprint density at radius 3 is 2.73 bits per heavy atom. The first kappa shape index (κ1) is 12.5. The molecule has 1 unspecified atom stereocenters. The monoisotopic (exact) mass is 289 g/mol. The fourth-order valence-electron chi connectivity index (χ4n) is 0.902. The molecule has 0 saturated heterocycles. The van der Waals surface area contributed by atoms with E-state index >= 15 is 0 Å². The summed E-state index contributed by atoms with van der Waals surface area (Å²) in [5.74, 6) is 0. The second-order valence-electron chi connectivity index (χ2n) is 3.99. The summed E-state index contributed by atoms with van der Waals surface area (Å²) in [5, 5.41) is 0.416. The average molecular weight is 290 g/mol. The Hall–Kier alpha value is -0.532. The zero-order valence-corrected chi connectivity index (χ0v) is 11.7. The van der Waals surface area contributed by atoms with Crippen LogP contribution in [0.4, 0.5) is 4.79 Å². The quantitative estimate of drug-likeness (QED) is 0.615. The van der Waals surface area contributed by atoms with Gasteiger partial charge in [-0.25, -0.2) is 0 Å². The Kier molecular flexibility index (Phi) is 4.18. The molecule has 1 aromatic rings. The molecule has 15 heavy (non-hydrogen) atoms. The van der Waals surface area contributed by atoms with Crippen molar-refractivity contribution in [3.05, 3.63) is 23.5 Å². The molecule has 1 atom stereocenters. The Bertz CT molecular complexity index is 363. The summed E-state index contributed by atoms with van der Waals surface area (Å²) in [6.07, 6.45) is 1.60. The normalized spacial score (nSPS) is 12.0. The molecule has 0 fully saturated rings. The van der Waals surface area contributed by atoms with Gasteiger partial charge in [-0.05, 0) is 0 Å². The molecule has 0 N–H and O–H groups in total. The summed E-state index contributed by atoms with van der Waals surface area (Å²) in [6, 6.07) is 3.52. The Morgan fingerprint density at radius 1 is 1.53 bits per heavy atom. The van der Waals surface area contributed by atoms with Crippen molar-refractivity contribution in [1.82, 2.24) is 4.98 Å². The van der Waals surface area contributed by atoms with E-state index in [1.165, 1.54) is 0 Å². The molecule has 0 radical (unpaired) electrons. The van der Waals surface area contributed by atoms with Gasteiger partial charge < -0.3 is 0 Å². The summed E-state index contributed by atoms with van der Waals surface area (Å²) in [4.78, 5) is 15.4. The summed E-state index contributed by atoms with van der Waals surface area (Å²) < 4.78 is 6.03. The van der Waals surface area contributed by atoms with Gasteiger partial charge in [0.2, 0.25) is 0 Å². The van der Waals surface area contributed by atoms with Gasteiger partial charge in [0.15, 0.2) is 0 Å². The molecule has 5 heteroatoms. The molecule has 0 aliphatic heterocycles. The standard InChI is InChI=1S/C10H13AsClNO2/c1-10(2,3)15-9(14)11-7-4-5-13-8(12)6-7/h4-6,11H,1-3H3. The van der Waals surface area contributed by atoms with Crippen molar-refractivity contribution >= 4 is 36.5 Å². The molecular weight excluding hydrogens is 276 g/mol. The van der Waals surface area contributed by atoms with Crippen molar-refractivity contribution in [2.45, 2.75) is 26.4 Å². The van der Waals surface area contributed by atoms with Gasteiger partial charge in [-0.2, -0.15) is 0 Å². The molecule has 0 aliphatic rings. The molecule has 1 aromatic heterocycles. The van der Waals surface area contributed by atoms with Crippen molar-refractivity contribution in [1.29, 1.82) is 0 Å². The number of rotatable bonds is 2. The molecular formula is C10H13AsClNO2. The van der Waals surface area contributed by atoms with Crippen LogP contribution in [0.15, 0.2) is 18.3 Å².